The van der Waals surface area contributed by atoms with E-state index in [-0.39, 0.29) is 5.41 Å². The number of aromatic nitrogens is 1. The van der Waals surface area contributed by atoms with Crippen LogP contribution < -0.4 is 0 Å². The predicted molar refractivity (Wildman–Crippen MR) is 117 cm³/mol. The average molecular weight is 407 g/mol. The number of hydrogen-bond acceptors (Lipinski definition) is 0. The Morgan fingerprint density at radius 2 is 1.30 bits per heavy atom. The first-order valence-electron chi connectivity index (χ1n) is 9.97. The van der Waals surface area contributed by atoms with Crippen molar-refractivity contribution in [2.24, 2.45) is 0 Å². The summed E-state index contributed by atoms with van der Waals surface area (Å²) in [6.45, 7) is 7.34. The van der Waals surface area contributed by atoms with Gasteiger partial charge >= 0.3 is 6.18 Å². The van der Waals surface area contributed by atoms with Crippen LogP contribution >= 0.6 is 0 Å². The third-order valence-corrected chi connectivity index (χ3v) is 5.49. The zero-order valence-corrected chi connectivity index (χ0v) is 17.3. The molecule has 0 radical (unpaired) electrons. The maximum absolute atomic E-state index is 12.8. The van der Waals surface area contributed by atoms with E-state index in [1.807, 2.05) is 18.2 Å². The van der Waals surface area contributed by atoms with E-state index < -0.39 is 11.7 Å². The summed E-state index contributed by atoms with van der Waals surface area (Å²) in [4.78, 5) is 0. The molecule has 4 heteroatoms. The number of nitrogens with zero attached hydrogens (tertiary/aromatic N) is 1. The van der Waals surface area contributed by atoms with Crippen molar-refractivity contribution in [1.29, 1.82) is 0 Å². The van der Waals surface area contributed by atoms with Crippen LogP contribution in [0.5, 0.6) is 0 Å². The minimum absolute atomic E-state index is 0.120. The third kappa shape index (κ3) is 4.13. The first-order valence-corrected chi connectivity index (χ1v) is 9.97. The Morgan fingerprint density at radius 3 is 1.90 bits per heavy atom. The van der Waals surface area contributed by atoms with Gasteiger partial charge in [0.25, 0.3) is 0 Å². The number of alkyl halides is 3. The van der Waals surface area contributed by atoms with Gasteiger partial charge in [0.1, 0.15) is 0 Å². The second-order valence-electron chi connectivity index (χ2n) is 8.74. The summed E-state index contributed by atoms with van der Waals surface area (Å²) in [5, 5.41) is 1.11. The molecule has 154 valence electrons. The van der Waals surface area contributed by atoms with E-state index in [2.05, 4.69) is 61.9 Å². The SMILES string of the molecule is CC(C)(C)c1ccc(Cn2ccc3ccc(-c4ccc(C(F)(F)F)cc4)cc32)cc1. The number of hydrogen-bond donors (Lipinski definition) is 0. The molecule has 1 heterocycles. The molecule has 0 aliphatic rings. The molecule has 0 fully saturated rings. The lowest BCUT2D eigenvalue weighted by Crippen LogP contribution is -2.10. The Morgan fingerprint density at radius 1 is 0.700 bits per heavy atom. The molecular formula is C26H24F3N. The summed E-state index contributed by atoms with van der Waals surface area (Å²) in [5.74, 6) is 0. The molecule has 1 nitrogen and oxygen atoms in total. The van der Waals surface area contributed by atoms with Gasteiger partial charge in [-0.3, -0.25) is 0 Å². The molecule has 0 bridgehead atoms. The highest BCUT2D eigenvalue weighted by atomic mass is 19.4. The Kier molecular flexibility index (Phi) is 4.97. The zero-order chi connectivity index (χ0) is 21.5. The van der Waals surface area contributed by atoms with Gasteiger partial charge < -0.3 is 4.57 Å². The Hall–Kier alpha value is -3.01. The van der Waals surface area contributed by atoms with Crippen LogP contribution in [0.15, 0.2) is 79.0 Å². The van der Waals surface area contributed by atoms with Gasteiger partial charge in [0, 0.05) is 18.3 Å². The Labute approximate surface area is 174 Å². The molecule has 30 heavy (non-hydrogen) atoms. The van der Waals surface area contributed by atoms with E-state index in [0.29, 0.717) is 0 Å². The highest BCUT2D eigenvalue weighted by Crippen LogP contribution is 2.32. The summed E-state index contributed by atoms with van der Waals surface area (Å²) in [7, 11) is 0. The largest absolute Gasteiger partial charge is 0.416 e. The van der Waals surface area contributed by atoms with Crippen LogP contribution in [0.1, 0.15) is 37.5 Å². The summed E-state index contributed by atoms with van der Waals surface area (Å²) in [6.07, 6.45) is -2.27. The normalized spacial score (nSPS) is 12.5. The number of benzene rings is 3. The van der Waals surface area contributed by atoms with E-state index in [1.165, 1.54) is 23.3 Å². The molecule has 0 unspecified atom stereocenters. The van der Waals surface area contributed by atoms with Gasteiger partial charge in [-0.1, -0.05) is 69.3 Å². The molecule has 0 atom stereocenters. The highest BCUT2D eigenvalue weighted by Gasteiger charge is 2.29. The molecule has 0 saturated carbocycles. The molecule has 4 aromatic rings. The van der Waals surface area contributed by atoms with E-state index in [0.717, 1.165) is 40.7 Å². The zero-order valence-electron chi connectivity index (χ0n) is 17.3. The summed E-state index contributed by atoms with van der Waals surface area (Å²) >= 11 is 0. The quantitative estimate of drug-likeness (QED) is 0.328. The summed E-state index contributed by atoms with van der Waals surface area (Å²) in [5.41, 5.74) is 4.73. The minimum atomic E-state index is -4.32. The molecule has 0 amide bonds. The first kappa shape index (κ1) is 20.3. The lowest BCUT2D eigenvalue weighted by molar-refractivity contribution is -0.137. The maximum atomic E-state index is 12.8. The molecule has 0 aliphatic carbocycles. The monoisotopic (exact) mass is 407 g/mol. The first-order chi connectivity index (χ1) is 14.1. The number of fused-ring (bicyclic) bond motifs is 1. The van der Waals surface area contributed by atoms with E-state index in [9.17, 15) is 13.2 Å². The van der Waals surface area contributed by atoms with Crippen LogP contribution in [0.4, 0.5) is 13.2 Å². The molecule has 1 aromatic heterocycles. The number of rotatable bonds is 3. The van der Waals surface area contributed by atoms with Crippen LogP contribution in [0.2, 0.25) is 0 Å². The second-order valence-corrected chi connectivity index (χ2v) is 8.74. The topological polar surface area (TPSA) is 4.93 Å². The van der Waals surface area contributed by atoms with Crippen molar-refractivity contribution < 1.29 is 13.2 Å². The van der Waals surface area contributed by atoms with Gasteiger partial charge in [-0.2, -0.15) is 13.2 Å². The van der Waals surface area contributed by atoms with Crippen LogP contribution in [0.3, 0.4) is 0 Å². The second kappa shape index (κ2) is 7.35. The van der Waals surface area contributed by atoms with Gasteiger partial charge in [-0.15, -0.1) is 0 Å². The molecule has 0 aliphatic heterocycles. The van der Waals surface area contributed by atoms with Gasteiger partial charge in [-0.05, 0) is 57.3 Å². The van der Waals surface area contributed by atoms with Crippen molar-refractivity contribution in [3.05, 3.63) is 95.7 Å². The Bertz CT molecular complexity index is 1160. The fourth-order valence-corrected chi connectivity index (χ4v) is 3.66. The van der Waals surface area contributed by atoms with Crippen LogP contribution in [-0.4, -0.2) is 4.57 Å². The van der Waals surface area contributed by atoms with Gasteiger partial charge in [0.05, 0.1) is 5.56 Å². The third-order valence-electron chi connectivity index (χ3n) is 5.49. The van der Waals surface area contributed by atoms with Crippen LogP contribution in [-0.2, 0) is 18.1 Å². The summed E-state index contributed by atoms with van der Waals surface area (Å²) in [6, 6.07) is 22.1. The van der Waals surface area contributed by atoms with Crippen LogP contribution in [0.25, 0.3) is 22.0 Å². The maximum Gasteiger partial charge on any atom is 0.416 e. The lowest BCUT2D eigenvalue weighted by Gasteiger charge is -2.19. The molecule has 0 N–H and O–H groups in total. The fourth-order valence-electron chi connectivity index (χ4n) is 3.66. The van der Waals surface area contributed by atoms with Crippen molar-refractivity contribution in [3.8, 4) is 11.1 Å². The lowest BCUT2D eigenvalue weighted by atomic mass is 9.87. The standard InChI is InChI=1S/C26H24F3N/c1-25(2,3)22-10-4-18(5-11-22)17-30-15-14-20-6-7-21(16-24(20)30)19-8-12-23(13-9-19)26(27,28)29/h4-16H,17H2,1-3H3. The number of halogens is 3. The molecule has 0 spiro atoms. The molecule has 4 rings (SSSR count). The van der Waals surface area contributed by atoms with Crippen molar-refractivity contribution in [1.82, 2.24) is 4.57 Å². The van der Waals surface area contributed by atoms with Gasteiger partial charge in [0.2, 0.25) is 0 Å². The van der Waals surface area contributed by atoms with Crippen molar-refractivity contribution in [2.45, 2.75) is 38.9 Å². The highest BCUT2D eigenvalue weighted by molar-refractivity contribution is 5.85. The minimum Gasteiger partial charge on any atom is -0.343 e. The molecular weight excluding hydrogens is 383 g/mol. The van der Waals surface area contributed by atoms with Crippen molar-refractivity contribution in [2.75, 3.05) is 0 Å². The summed E-state index contributed by atoms with van der Waals surface area (Å²) < 4.78 is 40.7. The predicted octanol–water partition coefficient (Wildman–Crippen LogP) is 7.67. The van der Waals surface area contributed by atoms with E-state index in [1.54, 1.807) is 0 Å². The molecule has 3 aromatic carbocycles. The Balaban J connectivity index is 1.63. The van der Waals surface area contributed by atoms with Crippen molar-refractivity contribution >= 4 is 10.9 Å². The molecule has 0 saturated heterocycles. The van der Waals surface area contributed by atoms with Gasteiger partial charge in [-0.25, -0.2) is 0 Å². The fraction of sp³-hybridized carbons (Fsp3) is 0.231. The van der Waals surface area contributed by atoms with Crippen molar-refractivity contribution in [3.63, 3.8) is 0 Å². The van der Waals surface area contributed by atoms with E-state index >= 15 is 0 Å². The van der Waals surface area contributed by atoms with E-state index in [4.69, 9.17) is 0 Å². The smallest absolute Gasteiger partial charge is 0.343 e. The van der Waals surface area contributed by atoms with Gasteiger partial charge in [0.15, 0.2) is 0 Å². The average Bonchev–Trinajstić information content (AvgIpc) is 3.09. The van der Waals surface area contributed by atoms with Crippen LogP contribution in [0, 0.1) is 0 Å².